The molecular formula is C24H30Cl2N2O3. The fraction of sp³-hybridized carbons (Fsp3) is 0.417. The topological polar surface area (TPSA) is 58.6 Å². The summed E-state index contributed by atoms with van der Waals surface area (Å²) in [5.41, 5.74) is 1.33. The van der Waals surface area contributed by atoms with Gasteiger partial charge < -0.3 is 15.0 Å². The van der Waals surface area contributed by atoms with Crippen molar-refractivity contribution in [2.75, 3.05) is 6.61 Å². The summed E-state index contributed by atoms with van der Waals surface area (Å²) in [6.45, 7) is 9.58. The van der Waals surface area contributed by atoms with Crippen molar-refractivity contribution in [2.45, 2.75) is 59.2 Å². The van der Waals surface area contributed by atoms with E-state index in [1.54, 1.807) is 35.2 Å². The smallest absolute Gasteiger partial charge is 0.261 e. The van der Waals surface area contributed by atoms with Gasteiger partial charge in [-0.15, -0.1) is 0 Å². The number of hydrogen-bond donors (Lipinski definition) is 1. The van der Waals surface area contributed by atoms with E-state index < -0.39 is 11.6 Å². The number of benzene rings is 2. The Morgan fingerprint density at radius 1 is 1.10 bits per heavy atom. The van der Waals surface area contributed by atoms with E-state index >= 15 is 0 Å². The second-order valence-corrected chi connectivity index (χ2v) is 9.35. The van der Waals surface area contributed by atoms with E-state index in [1.165, 1.54) is 0 Å². The first-order chi connectivity index (χ1) is 14.5. The van der Waals surface area contributed by atoms with Crippen molar-refractivity contribution in [3.8, 4) is 5.75 Å². The molecular weight excluding hydrogens is 435 g/mol. The fourth-order valence-electron chi connectivity index (χ4n) is 3.09. The molecule has 0 aliphatic heterocycles. The van der Waals surface area contributed by atoms with Gasteiger partial charge in [0.25, 0.3) is 5.91 Å². The third-order valence-electron chi connectivity index (χ3n) is 4.64. The van der Waals surface area contributed by atoms with Gasteiger partial charge in [-0.05, 0) is 75.6 Å². The minimum Gasteiger partial charge on any atom is -0.484 e. The van der Waals surface area contributed by atoms with E-state index in [-0.39, 0.29) is 25.0 Å². The van der Waals surface area contributed by atoms with E-state index in [0.29, 0.717) is 22.2 Å². The highest BCUT2D eigenvalue weighted by Gasteiger charge is 2.30. The SMILES string of the molecule is CC[C@H](C(=O)NC(C)(C)C)N(Cc1ccc(Cl)cc1)C(=O)COc1ccc(Cl)c(C)c1. The maximum Gasteiger partial charge on any atom is 0.261 e. The summed E-state index contributed by atoms with van der Waals surface area (Å²) < 4.78 is 5.71. The summed E-state index contributed by atoms with van der Waals surface area (Å²) in [4.78, 5) is 27.7. The molecule has 31 heavy (non-hydrogen) atoms. The van der Waals surface area contributed by atoms with Crippen molar-refractivity contribution < 1.29 is 14.3 Å². The predicted octanol–water partition coefficient (Wildman–Crippen LogP) is 5.40. The summed E-state index contributed by atoms with van der Waals surface area (Å²) in [6, 6.07) is 11.8. The lowest BCUT2D eigenvalue weighted by molar-refractivity contribution is -0.143. The number of aryl methyl sites for hydroxylation is 1. The number of rotatable bonds is 8. The van der Waals surface area contributed by atoms with Crippen LogP contribution in [0.15, 0.2) is 42.5 Å². The number of hydrogen-bond acceptors (Lipinski definition) is 3. The molecule has 0 aliphatic carbocycles. The zero-order chi connectivity index (χ0) is 23.2. The first-order valence-electron chi connectivity index (χ1n) is 10.2. The van der Waals surface area contributed by atoms with Gasteiger partial charge in [-0.25, -0.2) is 0 Å². The highest BCUT2D eigenvalue weighted by molar-refractivity contribution is 6.31. The molecule has 2 amide bonds. The second-order valence-electron chi connectivity index (χ2n) is 8.51. The monoisotopic (exact) mass is 464 g/mol. The molecule has 0 saturated heterocycles. The van der Waals surface area contributed by atoms with Crippen molar-refractivity contribution in [2.24, 2.45) is 0 Å². The zero-order valence-electron chi connectivity index (χ0n) is 18.7. The van der Waals surface area contributed by atoms with Gasteiger partial charge in [0.05, 0.1) is 0 Å². The van der Waals surface area contributed by atoms with Gasteiger partial charge in [0.1, 0.15) is 11.8 Å². The van der Waals surface area contributed by atoms with Crippen LogP contribution in [0.25, 0.3) is 0 Å². The molecule has 0 aliphatic rings. The molecule has 0 spiro atoms. The summed E-state index contributed by atoms with van der Waals surface area (Å²) in [5.74, 6) is 0.0759. The second kappa shape index (κ2) is 10.9. The quantitative estimate of drug-likeness (QED) is 0.568. The molecule has 0 saturated carbocycles. The van der Waals surface area contributed by atoms with Crippen LogP contribution in [-0.2, 0) is 16.1 Å². The predicted molar refractivity (Wildman–Crippen MR) is 126 cm³/mol. The number of amides is 2. The maximum atomic E-state index is 13.2. The number of nitrogens with one attached hydrogen (secondary N) is 1. The van der Waals surface area contributed by atoms with Crippen LogP contribution in [0.2, 0.25) is 10.0 Å². The van der Waals surface area contributed by atoms with Gasteiger partial charge in [0, 0.05) is 22.1 Å². The summed E-state index contributed by atoms with van der Waals surface area (Å²) in [7, 11) is 0. The van der Waals surface area contributed by atoms with Gasteiger partial charge in [0.15, 0.2) is 6.61 Å². The van der Waals surface area contributed by atoms with Gasteiger partial charge in [-0.2, -0.15) is 0 Å². The van der Waals surface area contributed by atoms with E-state index in [4.69, 9.17) is 27.9 Å². The zero-order valence-corrected chi connectivity index (χ0v) is 20.2. The molecule has 0 unspecified atom stereocenters. The van der Waals surface area contributed by atoms with Crippen LogP contribution < -0.4 is 10.1 Å². The molecule has 0 fully saturated rings. The molecule has 2 rings (SSSR count). The molecule has 2 aromatic carbocycles. The van der Waals surface area contributed by atoms with Crippen LogP contribution in [0.3, 0.4) is 0 Å². The Bertz CT molecular complexity index is 908. The van der Waals surface area contributed by atoms with Gasteiger partial charge in [0.2, 0.25) is 5.91 Å². The molecule has 0 heterocycles. The lowest BCUT2D eigenvalue weighted by atomic mass is 10.1. The fourth-order valence-corrected chi connectivity index (χ4v) is 3.34. The van der Waals surface area contributed by atoms with E-state index in [2.05, 4.69) is 5.32 Å². The Balaban J connectivity index is 2.23. The number of ether oxygens (including phenoxy) is 1. The Labute approximate surface area is 194 Å². The number of halogens is 2. The highest BCUT2D eigenvalue weighted by Crippen LogP contribution is 2.22. The largest absolute Gasteiger partial charge is 0.484 e. The Kier molecular flexibility index (Phi) is 8.78. The van der Waals surface area contributed by atoms with Crippen molar-refractivity contribution in [3.05, 3.63) is 63.6 Å². The average molecular weight is 465 g/mol. The van der Waals surface area contributed by atoms with Crippen LogP contribution in [0.1, 0.15) is 45.2 Å². The van der Waals surface area contributed by atoms with Crippen LogP contribution >= 0.6 is 23.2 Å². The Morgan fingerprint density at radius 2 is 1.74 bits per heavy atom. The summed E-state index contributed by atoms with van der Waals surface area (Å²) >= 11 is 12.0. The molecule has 0 aromatic heterocycles. The van der Waals surface area contributed by atoms with E-state index in [0.717, 1.165) is 11.1 Å². The Morgan fingerprint density at radius 3 is 2.29 bits per heavy atom. The molecule has 1 atom stereocenters. The van der Waals surface area contributed by atoms with E-state index in [1.807, 2.05) is 46.8 Å². The number of carbonyl (C=O) groups is 2. The van der Waals surface area contributed by atoms with Crippen molar-refractivity contribution in [1.82, 2.24) is 10.2 Å². The highest BCUT2D eigenvalue weighted by atomic mass is 35.5. The molecule has 1 N–H and O–H groups in total. The standard InChI is InChI=1S/C24H30Cl2N2O3/c1-6-21(23(30)27-24(3,4)5)28(14-17-7-9-18(25)10-8-17)22(29)15-31-19-11-12-20(26)16(2)13-19/h7-13,21H,6,14-15H2,1-5H3,(H,27,30)/t21-/m1/s1. The van der Waals surface area contributed by atoms with Crippen LogP contribution in [0.5, 0.6) is 5.75 Å². The normalized spacial score (nSPS) is 12.2. The number of carbonyl (C=O) groups excluding carboxylic acids is 2. The first kappa shape index (κ1) is 25.0. The lowest BCUT2D eigenvalue weighted by Gasteiger charge is -2.33. The first-order valence-corrected chi connectivity index (χ1v) is 11.0. The molecule has 5 nitrogen and oxygen atoms in total. The third kappa shape index (κ3) is 7.75. The molecule has 2 aromatic rings. The summed E-state index contributed by atoms with van der Waals surface area (Å²) in [6.07, 6.45) is 0.474. The molecule has 7 heteroatoms. The summed E-state index contributed by atoms with van der Waals surface area (Å²) in [5, 5.41) is 4.22. The van der Waals surface area contributed by atoms with Crippen molar-refractivity contribution in [1.29, 1.82) is 0 Å². The van der Waals surface area contributed by atoms with Crippen molar-refractivity contribution in [3.63, 3.8) is 0 Å². The number of nitrogens with zero attached hydrogens (tertiary/aromatic N) is 1. The van der Waals surface area contributed by atoms with Crippen LogP contribution in [-0.4, -0.2) is 34.9 Å². The van der Waals surface area contributed by atoms with Crippen LogP contribution in [0.4, 0.5) is 0 Å². The third-order valence-corrected chi connectivity index (χ3v) is 5.32. The molecule has 168 valence electrons. The minimum atomic E-state index is -0.627. The van der Waals surface area contributed by atoms with Crippen molar-refractivity contribution >= 4 is 35.0 Å². The van der Waals surface area contributed by atoms with Gasteiger partial charge in [-0.3, -0.25) is 9.59 Å². The van der Waals surface area contributed by atoms with E-state index in [9.17, 15) is 9.59 Å². The van der Waals surface area contributed by atoms with Gasteiger partial charge >= 0.3 is 0 Å². The molecule has 0 radical (unpaired) electrons. The molecule has 0 bridgehead atoms. The minimum absolute atomic E-state index is 0.187. The van der Waals surface area contributed by atoms with Gasteiger partial charge in [-0.1, -0.05) is 42.3 Å². The maximum absolute atomic E-state index is 13.2. The Hall–Kier alpha value is -2.24. The lowest BCUT2D eigenvalue weighted by Crippen LogP contribution is -2.54. The van der Waals surface area contributed by atoms with Crippen LogP contribution in [0, 0.1) is 6.92 Å². The average Bonchev–Trinajstić information content (AvgIpc) is 2.68.